The maximum Gasteiger partial charge on any atom is 0.416 e. The molecule has 0 spiro atoms. The minimum atomic E-state index is -4.53. The highest BCUT2D eigenvalue weighted by molar-refractivity contribution is 5.92. The first-order valence-corrected chi connectivity index (χ1v) is 10.5. The smallest absolute Gasteiger partial charge is 0.356 e. The molecule has 1 saturated heterocycles. The number of rotatable bonds is 5. The van der Waals surface area contributed by atoms with Crippen LogP contribution < -0.4 is 10.7 Å². The van der Waals surface area contributed by atoms with E-state index in [0.29, 0.717) is 38.2 Å². The zero-order chi connectivity index (χ0) is 23.5. The number of amides is 2. The van der Waals surface area contributed by atoms with E-state index in [1.165, 1.54) is 30.0 Å². The van der Waals surface area contributed by atoms with Gasteiger partial charge >= 0.3 is 6.18 Å². The summed E-state index contributed by atoms with van der Waals surface area (Å²) in [6.45, 7) is 4.68. The number of benzene rings is 1. The van der Waals surface area contributed by atoms with Crippen molar-refractivity contribution in [3.63, 3.8) is 0 Å². The fourth-order valence-corrected chi connectivity index (χ4v) is 3.66. The quantitative estimate of drug-likeness (QED) is 0.759. The molecule has 2 amide bonds. The summed E-state index contributed by atoms with van der Waals surface area (Å²) >= 11 is 0. The van der Waals surface area contributed by atoms with Gasteiger partial charge in [0.2, 0.25) is 11.3 Å². The molecule has 1 aliphatic heterocycles. The summed E-state index contributed by atoms with van der Waals surface area (Å²) in [5, 5.41) is 6.95. The zero-order valence-corrected chi connectivity index (χ0v) is 17.9. The standard InChI is InChI=1S/C22H25F3N4O3/c1-3-9-26-20(31)15-7-10-28(11-8-15)21(32)19-18(30)12-14(2)29(27-19)17-6-4-5-16(13-17)22(23,24)25/h4-6,12-13,15H,3,7-11H2,1-2H3,(H,26,31). The second-order valence-electron chi connectivity index (χ2n) is 7.82. The number of alkyl halides is 3. The highest BCUT2D eigenvalue weighted by atomic mass is 19.4. The molecule has 1 N–H and O–H groups in total. The number of piperidine rings is 1. The number of hydrogen-bond acceptors (Lipinski definition) is 4. The molecule has 1 fully saturated rings. The van der Waals surface area contributed by atoms with E-state index >= 15 is 0 Å². The van der Waals surface area contributed by atoms with Crippen LogP contribution in [0.2, 0.25) is 0 Å². The SMILES string of the molecule is CCCNC(=O)C1CCN(C(=O)c2nn(-c3cccc(C(F)(F)F)c3)c(C)cc2=O)CC1. The molecule has 1 aromatic heterocycles. The maximum atomic E-state index is 13.1. The van der Waals surface area contributed by atoms with Gasteiger partial charge in [-0.15, -0.1) is 0 Å². The molecule has 0 saturated carbocycles. The summed E-state index contributed by atoms with van der Waals surface area (Å²) in [5.41, 5.74) is -1.42. The normalized spacial score (nSPS) is 15.0. The van der Waals surface area contributed by atoms with E-state index in [-0.39, 0.29) is 23.2 Å². The molecular weight excluding hydrogens is 425 g/mol. The van der Waals surface area contributed by atoms with Crippen molar-refractivity contribution in [2.24, 2.45) is 5.92 Å². The first-order valence-electron chi connectivity index (χ1n) is 10.5. The number of carbonyl (C=O) groups is 2. The van der Waals surface area contributed by atoms with Gasteiger partial charge in [-0.05, 0) is 44.4 Å². The van der Waals surface area contributed by atoms with Crippen molar-refractivity contribution in [1.29, 1.82) is 0 Å². The van der Waals surface area contributed by atoms with Crippen LogP contribution in [0.3, 0.4) is 0 Å². The van der Waals surface area contributed by atoms with Crippen molar-refractivity contribution in [2.75, 3.05) is 19.6 Å². The molecular formula is C22H25F3N4O3. The van der Waals surface area contributed by atoms with Gasteiger partial charge in [-0.2, -0.15) is 18.3 Å². The van der Waals surface area contributed by atoms with E-state index in [0.717, 1.165) is 23.2 Å². The molecule has 0 aliphatic carbocycles. The lowest BCUT2D eigenvalue weighted by Gasteiger charge is -2.31. The topological polar surface area (TPSA) is 84.3 Å². The largest absolute Gasteiger partial charge is 0.416 e. The van der Waals surface area contributed by atoms with Crippen molar-refractivity contribution in [2.45, 2.75) is 39.3 Å². The predicted octanol–water partition coefficient (Wildman–Crippen LogP) is 2.94. The van der Waals surface area contributed by atoms with E-state index in [1.54, 1.807) is 0 Å². The average molecular weight is 450 g/mol. The van der Waals surface area contributed by atoms with Crippen LogP contribution in [0.4, 0.5) is 13.2 Å². The molecule has 1 aliphatic rings. The van der Waals surface area contributed by atoms with Crippen molar-refractivity contribution < 1.29 is 22.8 Å². The predicted molar refractivity (Wildman–Crippen MR) is 112 cm³/mol. The second-order valence-corrected chi connectivity index (χ2v) is 7.82. The lowest BCUT2D eigenvalue weighted by molar-refractivity contribution is -0.137. The minimum absolute atomic E-state index is 0.0423. The number of aryl methyl sites for hydroxylation is 1. The van der Waals surface area contributed by atoms with Crippen LogP contribution in [0.5, 0.6) is 0 Å². The molecule has 3 rings (SSSR count). The highest BCUT2D eigenvalue weighted by Crippen LogP contribution is 2.30. The summed E-state index contributed by atoms with van der Waals surface area (Å²) < 4.78 is 40.4. The average Bonchev–Trinajstić information content (AvgIpc) is 2.76. The Labute approximate surface area is 183 Å². The van der Waals surface area contributed by atoms with E-state index in [9.17, 15) is 27.6 Å². The van der Waals surface area contributed by atoms with E-state index in [2.05, 4.69) is 10.4 Å². The van der Waals surface area contributed by atoms with Gasteiger partial charge in [0.15, 0.2) is 5.69 Å². The number of carbonyl (C=O) groups excluding carboxylic acids is 2. The third kappa shape index (κ3) is 5.17. The molecule has 32 heavy (non-hydrogen) atoms. The van der Waals surface area contributed by atoms with Crippen LogP contribution in [0, 0.1) is 12.8 Å². The lowest BCUT2D eigenvalue weighted by atomic mass is 9.95. The summed E-state index contributed by atoms with van der Waals surface area (Å²) in [5.74, 6) is -0.833. The van der Waals surface area contributed by atoms with E-state index < -0.39 is 23.1 Å². The summed E-state index contributed by atoms with van der Waals surface area (Å²) in [4.78, 5) is 39.0. The Kier molecular flexibility index (Phi) is 7.00. The fourth-order valence-electron chi connectivity index (χ4n) is 3.66. The number of likely N-dealkylation sites (tertiary alicyclic amines) is 1. The Hall–Kier alpha value is -3.17. The van der Waals surface area contributed by atoms with Crippen LogP contribution in [0.25, 0.3) is 5.69 Å². The molecule has 172 valence electrons. The summed E-state index contributed by atoms with van der Waals surface area (Å²) in [6.07, 6.45) is -2.76. The van der Waals surface area contributed by atoms with Gasteiger partial charge in [0.1, 0.15) is 0 Å². The van der Waals surface area contributed by atoms with Crippen LogP contribution in [-0.2, 0) is 11.0 Å². The first kappa shape index (κ1) is 23.5. The number of nitrogens with one attached hydrogen (secondary N) is 1. The molecule has 2 heterocycles. The Balaban J connectivity index is 1.82. The van der Waals surface area contributed by atoms with Gasteiger partial charge in [0.05, 0.1) is 11.3 Å². The Bertz CT molecular complexity index is 1060. The van der Waals surface area contributed by atoms with Crippen LogP contribution in [0.15, 0.2) is 35.1 Å². The number of halogens is 3. The molecule has 0 unspecified atom stereocenters. The lowest BCUT2D eigenvalue weighted by Crippen LogP contribution is -2.44. The fraction of sp³-hybridized carbons (Fsp3) is 0.455. The van der Waals surface area contributed by atoms with Crippen molar-refractivity contribution in [3.05, 3.63) is 57.5 Å². The van der Waals surface area contributed by atoms with Gasteiger partial charge in [-0.25, -0.2) is 4.68 Å². The minimum Gasteiger partial charge on any atom is -0.356 e. The number of nitrogens with zero attached hydrogens (tertiary/aromatic N) is 3. The zero-order valence-electron chi connectivity index (χ0n) is 17.9. The van der Waals surface area contributed by atoms with Crippen molar-refractivity contribution >= 4 is 11.8 Å². The molecule has 10 heteroatoms. The van der Waals surface area contributed by atoms with Gasteiger partial charge in [-0.3, -0.25) is 14.4 Å². The third-order valence-electron chi connectivity index (χ3n) is 5.43. The molecule has 2 aromatic rings. The summed E-state index contributed by atoms with van der Waals surface area (Å²) in [6, 6.07) is 5.71. The highest BCUT2D eigenvalue weighted by Gasteiger charge is 2.31. The third-order valence-corrected chi connectivity index (χ3v) is 5.43. The van der Waals surface area contributed by atoms with Crippen LogP contribution >= 0.6 is 0 Å². The van der Waals surface area contributed by atoms with Crippen molar-refractivity contribution in [3.8, 4) is 5.69 Å². The molecule has 0 radical (unpaired) electrons. The molecule has 0 atom stereocenters. The first-order chi connectivity index (χ1) is 15.1. The van der Waals surface area contributed by atoms with E-state index in [4.69, 9.17) is 0 Å². The Morgan fingerprint density at radius 3 is 2.50 bits per heavy atom. The monoisotopic (exact) mass is 450 g/mol. The molecule has 0 bridgehead atoms. The van der Waals surface area contributed by atoms with Crippen LogP contribution in [-0.4, -0.2) is 46.1 Å². The Morgan fingerprint density at radius 1 is 1.19 bits per heavy atom. The molecule has 7 nitrogen and oxygen atoms in total. The maximum absolute atomic E-state index is 13.1. The van der Waals surface area contributed by atoms with Gasteiger partial charge in [0, 0.05) is 37.3 Å². The Morgan fingerprint density at radius 2 is 1.88 bits per heavy atom. The second kappa shape index (κ2) is 9.54. The van der Waals surface area contributed by atoms with Gasteiger partial charge < -0.3 is 10.2 Å². The molecule has 1 aromatic carbocycles. The van der Waals surface area contributed by atoms with Crippen molar-refractivity contribution in [1.82, 2.24) is 20.0 Å². The summed E-state index contributed by atoms with van der Waals surface area (Å²) in [7, 11) is 0. The van der Waals surface area contributed by atoms with E-state index in [1.807, 2.05) is 6.92 Å². The number of hydrogen-bond donors (Lipinski definition) is 1. The number of aromatic nitrogens is 2. The van der Waals surface area contributed by atoms with Crippen LogP contribution in [0.1, 0.15) is 47.9 Å². The van der Waals surface area contributed by atoms with Gasteiger partial charge in [0.25, 0.3) is 5.91 Å². The van der Waals surface area contributed by atoms with Gasteiger partial charge in [-0.1, -0.05) is 13.0 Å².